The Morgan fingerprint density at radius 1 is 1.03 bits per heavy atom. The fourth-order valence-corrected chi connectivity index (χ4v) is 5.30. The number of fused-ring (bicyclic) bond motifs is 2. The fourth-order valence-electron chi connectivity index (χ4n) is 5.30. The van der Waals surface area contributed by atoms with E-state index in [9.17, 15) is 19.1 Å². The summed E-state index contributed by atoms with van der Waals surface area (Å²) in [5, 5.41) is 9.23. The van der Waals surface area contributed by atoms with E-state index in [2.05, 4.69) is 0 Å². The molecule has 6 nitrogen and oxygen atoms in total. The third-order valence-corrected chi connectivity index (χ3v) is 7.07. The molecule has 1 amide bonds. The third-order valence-electron chi connectivity index (χ3n) is 7.07. The highest BCUT2D eigenvalue weighted by molar-refractivity contribution is 5.88. The van der Waals surface area contributed by atoms with Crippen LogP contribution in [0.5, 0.6) is 5.75 Å². The standard InChI is InChI=1S/C26H28FNO5/c27-23-13-24(21(18-6-7-18)12-22(23)25(29)30)32-15-17-10-19-8-9-20(11-17)28(19)26(31)33-14-16-4-2-1-3-5-16/h1-5,12-13,17-20H,6-11,14-15H2,(H,29,30)/t17?,19-,20+. The molecule has 174 valence electrons. The van der Waals surface area contributed by atoms with Gasteiger partial charge in [0, 0.05) is 18.2 Å². The van der Waals surface area contributed by atoms with Crippen LogP contribution in [-0.2, 0) is 11.3 Å². The van der Waals surface area contributed by atoms with E-state index < -0.39 is 11.8 Å². The van der Waals surface area contributed by atoms with Crippen molar-refractivity contribution in [2.45, 2.75) is 63.1 Å². The summed E-state index contributed by atoms with van der Waals surface area (Å²) in [5.74, 6) is -1.06. The summed E-state index contributed by atoms with van der Waals surface area (Å²) in [4.78, 5) is 26.0. The van der Waals surface area contributed by atoms with Gasteiger partial charge in [0.2, 0.25) is 0 Å². The van der Waals surface area contributed by atoms with Gasteiger partial charge in [-0.3, -0.25) is 0 Å². The van der Waals surface area contributed by atoms with Crippen LogP contribution in [-0.4, -0.2) is 40.8 Å². The van der Waals surface area contributed by atoms with E-state index in [4.69, 9.17) is 9.47 Å². The van der Waals surface area contributed by atoms with Crippen LogP contribution in [0.2, 0.25) is 0 Å². The van der Waals surface area contributed by atoms with Crippen LogP contribution in [0.25, 0.3) is 0 Å². The number of carboxylic acids is 1. The number of amides is 1. The second-order valence-corrected chi connectivity index (χ2v) is 9.43. The minimum Gasteiger partial charge on any atom is -0.493 e. The van der Waals surface area contributed by atoms with Crippen LogP contribution >= 0.6 is 0 Å². The number of halogens is 1. The van der Waals surface area contributed by atoms with Crippen LogP contribution in [0.4, 0.5) is 9.18 Å². The lowest BCUT2D eigenvalue weighted by atomic mass is 9.91. The first kappa shape index (κ1) is 21.7. The molecule has 3 fully saturated rings. The zero-order chi connectivity index (χ0) is 22.9. The number of carboxylic acid groups (broad SMARTS) is 1. The van der Waals surface area contributed by atoms with Crippen molar-refractivity contribution in [3.05, 3.63) is 65.0 Å². The minimum absolute atomic E-state index is 0.134. The molecule has 1 saturated carbocycles. The first-order valence-electron chi connectivity index (χ1n) is 11.7. The van der Waals surface area contributed by atoms with Crippen molar-refractivity contribution < 1.29 is 28.6 Å². The molecule has 2 bridgehead atoms. The molecule has 0 radical (unpaired) electrons. The second kappa shape index (κ2) is 9.04. The summed E-state index contributed by atoms with van der Waals surface area (Å²) in [7, 11) is 0. The van der Waals surface area contributed by atoms with Gasteiger partial charge in [-0.25, -0.2) is 14.0 Å². The minimum atomic E-state index is -1.26. The topological polar surface area (TPSA) is 76.1 Å². The monoisotopic (exact) mass is 453 g/mol. The van der Waals surface area contributed by atoms with Crippen LogP contribution in [0.15, 0.2) is 42.5 Å². The Balaban J connectivity index is 1.19. The van der Waals surface area contributed by atoms with Gasteiger partial charge >= 0.3 is 12.1 Å². The number of carbonyl (C=O) groups excluding carboxylic acids is 1. The molecule has 2 heterocycles. The summed E-state index contributed by atoms with van der Waals surface area (Å²) in [6, 6.07) is 12.6. The van der Waals surface area contributed by atoms with Gasteiger partial charge in [-0.2, -0.15) is 0 Å². The number of hydrogen-bond donors (Lipinski definition) is 1. The van der Waals surface area contributed by atoms with E-state index >= 15 is 0 Å². The molecule has 2 aromatic rings. The number of benzene rings is 2. The number of nitrogens with zero attached hydrogens (tertiary/aromatic N) is 1. The van der Waals surface area contributed by atoms with Crippen molar-refractivity contribution in [2.75, 3.05) is 6.61 Å². The normalized spacial score (nSPS) is 23.9. The molecular weight excluding hydrogens is 425 g/mol. The number of hydrogen-bond acceptors (Lipinski definition) is 4. The molecule has 33 heavy (non-hydrogen) atoms. The highest BCUT2D eigenvalue weighted by Gasteiger charge is 2.44. The Bertz CT molecular complexity index is 1020. The Labute approximate surface area is 192 Å². The molecule has 2 aromatic carbocycles. The molecule has 1 unspecified atom stereocenters. The molecule has 2 aliphatic heterocycles. The summed E-state index contributed by atoms with van der Waals surface area (Å²) >= 11 is 0. The van der Waals surface area contributed by atoms with Gasteiger partial charge in [0.1, 0.15) is 18.2 Å². The quantitative estimate of drug-likeness (QED) is 0.611. The van der Waals surface area contributed by atoms with Gasteiger partial charge < -0.3 is 19.5 Å². The molecule has 1 N–H and O–H groups in total. The summed E-state index contributed by atoms with van der Waals surface area (Å²) in [6.07, 6.45) is 5.24. The van der Waals surface area contributed by atoms with Gasteiger partial charge in [-0.1, -0.05) is 30.3 Å². The first-order chi connectivity index (χ1) is 16.0. The predicted octanol–water partition coefficient (Wildman–Crippen LogP) is 5.36. The van der Waals surface area contributed by atoms with Crippen molar-refractivity contribution in [3.63, 3.8) is 0 Å². The van der Waals surface area contributed by atoms with Gasteiger partial charge in [-0.15, -0.1) is 0 Å². The number of carbonyl (C=O) groups is 2. The lowest BCUT2D eigenvalue weighted by molar-refractivity contribution is 0.0449. The lowest BCUT2D eigenvalue weighted by Crippen LogP contribution is -2.47. The maximum atomic E-state index is 14.3. The summed E-state index contributed by atoms with van der Waals surface area (Å²) in [5.41, 5.74) is 1.46. The van der Waals surface area contributed by atoms with Crippen molar-refractivity contribution in [1.82, 2.24) is 4.90 Å². The average molecular weight is 454 g/mol. The van der Waals surface area contributed by atoms with Crippen LogP contribution in [0, 0.1) is 11.7 Å². The maximum Gasteiger partial charge on any atom is 0.410 e. The van der Waals surface area contributed by atoms with E-state index in [0.29, 0.717) is 12.4 Å². The molecule has 0 spiro atoms. The third kappa shape index (κ3) is 4.68. The van der Waals surface area contributed by atoms with Gasteiger partial charge in [0.15, 0.2) is 0 Å². The van der Waals surface area contributed by atoms with Crippen molar-refractivity contribution in [1.29, 1.82) is 0 Å². The molecule has 3 aliphatic rings. The van der Waals surface area contributed by atoms with Crippen LogP contribution < -0.4 is 4.74 Å². The Morgan fingerprint density at radius 2 is 1.73 bits per heavy atom. The van der Waals surface area contributed by atoms with Crippen molar-refractivity contribution in [2.24, 2.45) is 5.92 Å². The van der Waals surface area contributed by atoms with Crippen molar-refractivity contribution >= 4 is 12.1 Å². The summed E-state index contributed by atoms with van der Waals surface area (Å²) in [6.45, 7) is 0.704. The first-order valence-corrected chi connectivity index (χ1v) is 11.7. The van der Waals surface area contributed by atoms with E-state index in [1.54, 1.807) is 0 Å². The molecule has 5 rings (SSSR count). The van der Waals surface area contributed by atoms with Crippen LogP contribution in [0.3, 0.4) is 0 Å². The van der Waals surface area contributed by atoms with E-state index in [1.165, 1.54) is 12.1 Å². The molecule has 0 aromatic heterocycles. The molecule has 7 heteroatoms. The number of piperidine rings is 1. The van der Waals surface area contributed by atoms with E-state index in [-0.39, 0.29) is 42.2 Å². The Kier molecular flexibility index (Phi) is 5.96. The van der Waals surface area contributed by atoms with Gasteiger partial charge in [0.25, 0.3) is 0 Å². The summed E-state index contributed by atoms with van der Waals surface area (Å²) < 4.78 is 25.9. The zero-order valence-electron chi connectivity index (χ0n) is 18.4. The highest BCUT2D eigenvalue weighted by atomic mass is 19.1. The maximum absolute atomic E-state index is 14.3. The Morgan fingerprint density at radius 3 is 2.36 bits per heavy atom. The van der Waals surface area contributed by atoms with E-state index in [0.717, 1.165) is 49.7 Å². The number of aromatic carboxylic acids is 1. The SMILES string of the molecule is O=C(O)c1cc(C2CC2)c(OCC2C[C@H]3CC[C@@H](C2)N3C(=O)OCc2ccccc2)cc1F. The second-order valence-electron chi connectivity index (χ2n) is 9.43. The zero-order valence-corrected chi connectivity index (χ0v) is 18.4. The number of ether oxygens (including phenoxy) is 2. The average Bonchev–Trinajstić information content (AvgIpc) is 3.61. The molecule has 2 saturated heterocycles. The smallest absolute Gasteiger partial charge is 0.410 e. The molecular formula is C26H28FNO5. The lowest BCUT2D eigenvalue weighted by Gasteiger charge is -2.38. The highest BCUT2D eigenvalue weighted by Crippen LogP contribution is 2.46. The number of rotatable bonds is 7. The largest absolute Gasteiger partial charge is 0.493 e. The fraction of sp³-hybridized carbons (Fsp3) is 0.462. The molecule has 1 aliphatic carbocycles. The molecule has 3 atom stereocenters. The van der Waals surface area contributed by atoms with Gasteiger partial charge in [0.05, 0.1) is 12.2 Å². The van der Waals surface area contributed by atoms with E-state index in [1.807, 2.05) is 35.2 Å². The predicted molar refractivity (Wildman–Crippen MR) is 119 cm³/mol. The van der Waals surface area contributed by atoms with Crippen molar-refractivity contribution in [3.8, 4) is 5.75 Å². The Hall–Kier alpha value is -3.09. The van der Waals surface area contributed by atoms with Crippen LogP contribution in [0.1, 0.15) is 65.9 Å². The van der Waals surface area contributed by atoms with Gasteiger partial charge in [-0.05, 0) is 67.6 Å².